The molecular formula is C18H18N6O3. The molecule has 0 atom stereocenters. The largest absolute Gasteiger partial charge is 0.477 e. The molecule has 138 valence electrons. The number of hydrogen-bond donors (Lipinski definition) is 3. The Labute approximate surface area is 155 Å². The van der Waals surface area contributed by atoms with Crippen molar-refractivity contribution in [3.8, 4) is 18.0 Å². The van der Waals surface area contributed by atoms with Crippen molar-refractivity contribution in [2.24, 2.45) is 10.2 Å². The fourth-order valence-electron chi connectivity index (χ4n) is 2.65. The van der Waals surface area contributed by atoms with Gasteiger partial charge >= 0.3 is 5.97 Å². The lowest BCUT2D eigenvalue weighted by molar-refractivity contribution is 0.0697. The van der Waals surface area contributed by atoms with Crippen LogP contribution < -0.4 is 11.1 Å². The van der Waals surface area contributed by atoms with Gasteiger partial charge in [0.2, 0.25) is 0 Å². The minimum absolute atomic E-state index is 0.00697. The maximum absolute atomic E-state index is 12.4. The quantitative estimate of drug-likeness (QED) is 0.613. The molecule has 0 unspecified atom stereocenters. The SMILES string of the molecule is C#CCCC1(CCNC(=O)c2cccc(-n3ncc(C(=O)O)c3N)c2)N=N1. The van der Waals surface area contributed by atoms with Crippen molar-refractivity contribution in [1.29, 1.82) is 0 Å². The van der Waals surface area contributed by atoms with Crippen molar-refractivity contribution in [3.63, 3.8) is 0 Å². The van der Waals surface area contributed by atoms with Crippen LogP contribution in [0.4, 0.5) is 5.82 Å². The van der Waals surface area contributed by atoms with Gasteiger partial charge in [-0.2, -0.15) is 15.3 Å². The maximum atomic E-state index is 12.4. The number of aromatic nitrogens is 2. The van der Waals surface area contributed by atoms with Gasteiger partial charge in [-0.15, -0.1) is 12.3 Å². The summed E-state index contributed by atoms with van der Waals surface area (Å²) in [5, 5.41) is 23.9. The number of amides is 1. The number of nitrogens with zero attached hydrogens (tertiary/aromatic N) is 4. The minimum atomic E-state index is -1.16. The summed E-state index contributed by atoms with van der Waals surface area (Å²) in [7, 11) is 0. The van der Waals surface area contributed by atoms with Crippen LogP contribution in [0.25, 0.3) is 5.69 Å². The molecule has 3 rings (SSSR count). The van der Waals surface area contributed by atoms with Gasteiger partial charge in [0.15, 0.2) is 5.66 Å². The highest BCUT2D eigenvalue weighted by Gasteiger charge is 2.38. The van der Waals surface area contributed by atoms with E-state index in [2.05, 4.69) is 26.6 Å². The van der Waals surface area contributed by atoms with Crippen LogP contribution >= 0.6 is 0 Å². The van der Waals surface area contributed by atoms with Crippen LogP contribution in [-0.4, -0.2) is 39.0 Å². The standard InChI is InChI=1S/C18H18N6O3/c1-2-3-7-18(22-23-18)8-9-20-16(25)12-5-4-6-13(10-12)24-15(19)14(11-21-24)17(26)27/h1,4-6,10-11H,3,7-9,19H2,(H,20,25)(H,26,27). The van der Waals surface area contributed by atoms with Crippen molar-refractivity contribution in [2.75, 3.05) is 12.3 Å². The van der Waals surface area contributed by atoms with E-state index in [9.17, 15) is 9.59 Å². The van der Waals surface area contributed by atoms with E-state index >= 15 is 0 Å². The number of carbonyl (C=O) groups excluding carboxylic acids is 1. The molecular weight excluding hydrogens is 348 g/mol. The molecule has 9 nitrogen and oxygen atoms in total. The molecule has 1 aliphatic rings. The molecule has 0 spiro atoms. The first kappa shape index (κ1) is 18.1. The van der Waals surface area contributed by atoms with Gasteiger partial charge in [-0.3, -0.25) is 4.79 Å². The third kappa shape index (κ3) is 3.95. The second-order valence-corrected chi connectivity index (χ2v) is 6.10. The number of anilines is 1. The summed E-state index contributed by atoms with van der Waals surface area (Å²) in [5.74, 6) is 1.12. The summed E-state index contributed by atoms with van der Waals surface area (Å²) < 4.78 is 1.27. The number of aromatic carboxylic acids is 1. The predicted molar refractivity (Wildman–Crippen MR) is 97.5 cm³/mol. The van der Waals surface area contributed by atoms with Crippen molar-refractivity contribution >= 4 is 17.7 Å². The molecule has 0 bridgehead atoms. The van der Waals surface area contributed by atoms with E-state index in [1.54, 1.807) is 24.3 Å². The lowest BCUT2D eigenvalue weighted by Gasteiger charge is -2.11. The Morgan fingerprint density at radius 1 is 1.33 bits per heavy atom. The van der Waals surface area contributed by atoms with Gasteiger partial charge in [-0.1, -0.05) is 6.07 Å². The summed E-state index contributed by atoms with van der Waals surface area (Å²) in [6, 6.07) is 6.59. The first-order valence-corrected chi connectivity index (χ1v) is 8.29. The minimum Gasteiger partial charge on any atom is -0.477 e. The zero-order chi connectivity index (χ0) is 19.4. The van der Waals surface area contributed by atoms with E-state index in [-0.39, 0.29) is 17.3 Å². The number of benzene rings is 1. The van der Waals surface area contributed by atoms with Crippen molar-refractivity contribution in [2.45, 2.75) is 24.9 Å². The average Bonchev–Trinajstić information content (AvgIpc) is 3.32. The molecule has 0 saturated carbocycles. The monoisotopic (exact) mass is 366 g/mol. The smallest absolute Gasteiger partial charge is 0.341 e. The normalized spacial score (nSPS) is 13.7. The lowest BCUT2D eigenvalue weighted by atomic mass is 10.0. The first-order valence-electron chi connectivity index (χ1n) is 8.29. The molecule has 9 heteroatoms. The second kappa shape index (κ2) is 7.29. The number of hydrogen-bond acceptors (Lipinski definition) is 6. The summed E-state index contributed by atoms with van der Waals surface area (Å²) in [5.41, 5.74) is 6.17. The fourth-order valence-corrected chi connectivity index (χ4v) is 2.65. The summed E-state index contributed by atoms with van der Waals surface area (Å²) in [6.45, 7) is 0.410. The zero-order valence-electron chi connectivity index (χ0n) is 14.4. The van der Waals surface area contributed by atoms with Crippen LogP contribution in [0.15, 0.2) is 40.7 Å². The fraction of sp³-hybridized carbons (Fsp3) is 0.278. The molecule has 2 heterocycles. The van der Waals surface area contributed by atoms with Gasteiger partial charge in [0.05, 0.1) is 11.9 Å². The predicted octanol–water partition coefficient (Wildman–Crippen LogP) is 1.85. The van der Waals surface area contributed by atoms with Crippen molar-refractivity contribution in [3.05, 3.63) is 41.6 Å². The first-order chi connectivity index (χ1) is 13.0. The van der Waals surface area contributed by atoms with Gasteiger partial charge in [0.25, 0.3) is 5.91 Å². The van der Waals surface area contributed by atoms with Crippen LogP contribution in [0.3, 0.4) is 0 Å². The molecule has 0 fully saturated rings. The van der Waals surface area contributed by atoms with Crippen LogP contribution in [-0.2, 0) is 0 Å². The van der Waals surface area contributed by atoms with Crippen LogP contribution in [0, 0.1) is 12.3 Å². The van der Waals surface area contributed by atoms with E-state index in [1.165, 1.54) is 10.9 Å². The Balaban J connectivity index is 1.64. The molecule has 1 aliphatic heterocycles. The Hall–Kier alpha value is -3.67. The van der Waals surface area contributed by atoms with E-state index in [4.69, 9.17) is 17.3 Å². The Morgan fingerprint density at radius 2 is 2.11 bits per heavy atom. The lowest BCUT2D eigenvalue weighted by Crippen LogP contribution is -2.28. The molecule has 27 heavy (non-hydrogen) atoms. The summed E-state index contributed by atoms with van der Waals surface area (Å²) >= 11 is 0. The number of rotatable bonds is 8. The number of carboxylic acids is 1. The third-order valence-electron chi connectivity index (χ3n) is 4.25. The Kier molecular flexibility index (Phi) is 4.90. The molecule has 1 aromatic heterocycles. The number of carbonyl (C=O) groups is 2. The topological polar surface area (TPSA) is 135 Å². The van der Waals surface area contributed by atoms with Gasteiger partial charge in [-0.25, -0.2) is 9.48 Å². The van der Waals surface area contributed by atoms with Crippen LogP contribution in [0.2, 0.25) is 0 Å². The molecule has 1 aromatic carbocycles. The maximum Gasteiger partial charge on any atom is 0.341 e. The Morgan fingerprint density at radius 3 is 2.74 bits per heavy atom. The zero-order valence-corrected chi connectivity index (χ0v) is 14.4. The van der Waals surface area contributed by atoms with E-state index in [1.807, 2.05) is 0 Å². The molecule has 2 aromatic rings. The average molecular weight is 366 g/mol. The number of nitrogens with two attached hydrogens (primary N) is 1. The molecule has 1 amide bonds. The molecule has 4 N–H and O–H groups in total. The van der Waals surface area contributed by atoms with Crippen molar-refractivity contribution < 1.29 is 14.7 Å². The molecule has 0 saturated heterocycles. The van der Waals surface area contributed by atoms with Gasteiger partial charge < -0.3 is 16.2 Å². The van der Waals surface area contributed by atoms with E-state index < -0.39 is 11.6 Å². The Bertz CT molecular complexity index is 950. The number of nitrogens with one attached hydrogen (secondary N) is 1. The summed E-state index contributed by atoms with van der Waals surface area (Å²) in [4.78, 5) is 23.5. The molecule has 0 aliphatic carbocycles. The van der Waals surface area contributed by atoms with E-state index in [0.717, 1.165) is 0 Å². The van der Waals surface area contributed by atoms with Crippen molar-refractivity contribution in [1.82, 2.24) is 15.1 Å². The van der Waals surface area contributed by atoms with E-state index in [0.29, 0.717) is 37.1 Å². The van der Waals surface area contributed by atoms with Gasteiger partial charge in [0.1, 0.15) is 11.4 Å². The van der Waals surface area contributed by atoms with Crippen LogP contribution in [0.5, 0.6) is 0 Å². The number of terminal acetylenes is 1. The highest BCUT2D eigenvalue weighted by Crippen LogP contribution is 2.36. The molecule has 0 radical (unpaired) electrons. The van der Waals surface area contributed by atoms with Gasteiger partial charge in [0, 0.05) is 31.4 Å². The highest BCUT2D eigenvalue weighted by atomic mass is 16.4. The van der Waals surface area contributed by atoms with Gasteiger partial charge in [-0.05, 0) is 18.2 Å². The number of carboxylic acid groups (broad SMARTS) is 1. The highest BCUT2D eigenvalue weighted by molar-refractivity contribution is 5.95. The van der Waals surface area contributed by atoms with Crippen LogP contribution in [0.1, 0.15) is 40.0 Å². The number of nitrogen functional groups attached to an aromatic ring is 1. The second-order valence-electron chi connectivity index (χ2n) is 6.10. The summed E-state index contributed by atoms with van der Waals surface area (Å²) in [6.07, 6.45) is 8.29. The third-order valence-corrected chi connectivity index (χ3v) is 4.25.